The van der Waals surface area contributed by atoms with Gasteiger partial charge in [-0.15, -0.1) is 0 Å². The minimum absolute atomic E-state index is 0. The quantitative estimate of drug-likeness (QED) is 0.105. The van der Waals surface area contributed by atoms with Crippen molar-refractivity contribution in [2.75, 3.05) is 24.5 Å². The van der Waals surface area contributed by atoms with E-state index in [1.165, 1.54) is 317 Å². The Morgan fingerprint density at radius 1 is 0.252 bits per heavy atom. The highest BCUT2D eigenvalue weighted by molar-refractivity contribution is 5.70. The van der Waals surface area contributed by atoms with Crippen LogP contribution in [-0.4, -0.2) is 78.0 Å². The number of fused-ring (bicyclic) bond motifs is 5. The van der Waals surface area contributed by atoms with Gasteiger partial charge in [-0.05, 0) is 341 Å². The van der Waals surface area contributed by atoms with E-state index in [4.69, 9.17) is 1.37 Å². The Hall–Kier alpha value is -10.1. The molecule has 0 N–H and O–H groups in total. The Balaban J connectivity index is 0.000000132. The molecule has 0 aromatic heterocycles. The zero-order valence-electron chi connectivity index (χ0n) is 85.2. The van der Waals surface area contributed by atoms with Gasteiger partial charge in [0.1, 0.15) is 36.4 Å². The smallest absolute Gasteiger partial charge is 0.112 e. The first kappa shape index (κ1) is 102. The van der Waals surface area contributed by atoms with Gasteiger partial charge in [0.15, 0.2) is 0 Å². The zero-order chi connectivity index (χ0) is 93.4. The lowest BCUT2D eigenvalue weighted by atomic mass is 9.75. The first-order chi connectivity index (χ1) is 65.4. The normalized spacial score (nSPS) is 27.3. The zero-order valence-corrected chi connectivity index (χ0v) is 84.2. The molecule has 7 aromatic carbocycles. The summed E-state index contributed by atoms with van der Waals surface area (Å²) >= 11 is 0. The molecule has 10 heterocycles. The third-order valence-electron chi connectivity index (χ3n) is 36.1. The van der Waals surface area contributed by atoms with E-state index in [2.05, 4.69) is 383 Å². The molecule has 0 amide bonds. The number of hydrogen-bond acceptors (Lipinski definition) is 10. The van der Waals surface area contributed by atoms with Crippen molar-refractivity contribution in [2.45, 2.75) is 393 Å². The number of nitrogens with zero attached hydrogens (tertiary/aromatic N) is 10. The van der Waals surface area contributed by atoms with Gasteiger partial charge < -0.3 is 49.0 Å². The summed E-state index contributed by atoms with van der Waals surface area (Å²) < 4.78 is 8.78. The standard InChI is InChI=1S/C32H34N2.C26H36N2.C25H34N2.C21H28N2.C20H26N2.5CH4/c1-24-14-12-13-21-29(24)33-25(2)30-22-23-32(27-17-8-4-9-18-27,28-19-10-5-11-20-28)34(30)31(33)26-15-6-3-7-16-26;1-19-11-7-10-16-23(19)27-20(2)24-17-18-26(3,22-14-5-4-6-15-22)28(24)25(27)21-12-8-9-13-21;1-18-10-4-9-15-22(18)26-19(2)23-16-17-25(3,21-13-7-8-14-21)27(23)24(26)20-11-5-6-12-20;1-15-9-5-8-12-18(15)22-16(2)19-13-14-21(3,4)23(19)20(22)17-10-6-7-11-17;1-14-8-4-7-11-18(14)22-16(3)19-13-12-15(2)21(19)20(22)17-9-5-6-10-17;;;;;/h4-5,8-14,17-23,26,31H,3,6-7,15-16H2,1-2H3;7,10-11,16-18,21-22,25H,4-6,8-9,12-15H2,1-3H3;4,9-10,15-17,20-21,24H,5-8,11-14H2,1-3H3;5,8-9,12-14,17,20H,6-7,10-11H2,1-4H3;4,7-8,11-13,15,17,20H,5-6,9-10H2,1-3H3;5*1H4/i;;;;15D;;;;;. The topological polar surface area (TPSA) is 32.4 Å². The Morgan fingerprint density at radius 3 is 0.835 bits per heavy atom. The van der Waals surface area contributed by atoms with Crippen LogP contribution >= 0.6 is 0 Å². The second-order valence-corrected chi connectivity index (χ2v) is 44.4. The summed E-state index contributed by atoms with van der Waals surface area (Å²) in [7, 11) is 0. The average Bonchev–Trinajstić information content (AvgIpc) is 1.49. The highest BCUT2D eigenvalue weighted by Crippen LogP contribution is 2.60. The van der Waals surface area contributed by atoms with Gasteiger partial charge in [-0.1, -0.05) is 316 Å². The summed E-state index contributed by atoms with van der Waals surface area (Å²) in [5.74, 6) is 5.19. The lowest BCUT2D eigenvalue weighted by molar-refractivity contribution is 0.0638. The summed E-state index contributed by atoms with van der Waals surface area (Å²) in [4.78, 5) is 26.8. The van der Waals surface area contributed by atoms with Crippen LogP contribution in [0.4, 0.5) is 28.4 Å². The maximum absolute atomic E-state index is 8.78. The molecule has 10 aliphatic heterocycles. The first-order valence-corrected chi connectivity index (χ1v) is 53.3. The number of hydrogen-bond donors (Lipinski definition) is 0. The second kappa shape index (κ2) is 43.0. The summed E-state index contributed by atoms with van der Waals surface area (Å²) in [5.41, 5.74) is 30.6. The third kappa shape index (κ3) is 18.3. The molecule has 8 unspecified atom stereocenters. The van der Waals surface area contributed by atoms with Gasteiger partial charge in [-0.3, -0.25) is 0 Å². The molecular formula is C129H178N10. The first-order valence-electron chi connectivity index (χ1n) is 53.8. The minimum atomic E-state index is -0.638. The van der Waals surface area contributed by atoms with Crippen LogP contribution in [0, 0.1) is 76.0 Å². The fourth-order valence-corrected chi connectivity index (χ4v) is 29.1. The summed E-state index contributed by atoms with van der Waals surface area (Å²) in [6, 6.07) is 66.0. The van der Waals surface area contributed by atoms with Gasteiger partial charge in [-0.2, -0.15) is 0 Å². The summed E-state index contributed by atoms with van der Waals surface area (Å²) in [6.45, 7) is 34.6. The van der Waals surface area contributed by atoms with Crippen molar-refractivity contribution in [1.82, 2.24) is 24.5 Å². The molecule has 0 spiro atoms. The molecule has 10 heteroatoms. The molecule has 139 heavy (non-hydrogen) atoms. The molecule has 7 aliphatic carbocycles. The van der Waals surface area contributed by atoms with Crippen molar-refractivity contribution in [2.24, 2.45) is 41.4 Å². The highest BCUT2D eigenvalue weighted by atomic mass is 15.5. The van der Waals surface area contributed by atoms with Crippen LogP contribution in [0.2, 0.25) is 0 Å². The molecule has 24 rings (SSSR count). The molecule has 7 aromatic rings. The van der Waals surface area contributed by atoms with E-state index in [0.29, 0.717) is 36.5 Å². The van der Waals surface area contributed by atoms with Crippen LogP contribution in [0.1, 0.15) is 339 Å². The second-order valence-electron chi connectivity index (χ2n) is 44.4. The van der Waals surface area contributed by atoms with Crippen molar-refractivity contribution in [3.8, 4) is 0 Å². The number of para-hydroxylation sites is 5. The number of benzene rings is 7. The number of allylic oxidation sites excluding steroid dienone is 10. The molecule has 0 saturated heterocycles. The molecule has 7 fully saturated rings. The van der Waals surface area contributed by atoms with Crippen molar-refractivity contribution in [3.05, 3.63) is 339 Å². The molecule has 0 bridgehead atoms. The van der Waals surface area contributed by atoms with Gasteiger partial charge in [0.05, 0.1) is 46.5 Å². The van der Waals surface area contributed by atoms with Crippen molar-refractivity contribution in [3.63, 3.8) is 0 Å². The number of rotatable bonds is 14. The molecule has 17 aliphatic rings. The van der Waals surface area contributed by atoms with Gasteiger partial charge in [-0.25, -0.2) is 0 Å². The van der Waals surface area contributed by atoms with Crippen LogP contribution < -0.4 is 24.5 Å². The van der Waals surface area contributed by atoms with Crippen LogP contribution in [0.15, 0.2) is 300 Å². The average molecular weight is 1870 g/mol. The van der Waals surface area contributed by atoms with Gasteiger partial charge in [0.25, 0.3) is 0 Å². The molecule has 8 atom stereocenters. The van der Waals surface area contributed by atoms with Crippen LogP contribution in [0.25, 0.3) is 0 Å². The predicted octanol–water partition coefficient (Wildman–Crippen LogP) is 34.1. The van der Waals surface area contributed by atoms with Crippen LogP contribution in [0.5, 0.6) is 0 Å². The molecule has 744 valence electrons. The highest BCUT2D eigenvalue weighted by Gasteiger charge is 2.59. The monoisotopic (exact) mass is 1870 g/mol. The van der Waals surface area contributed by atoms with Gasteiger partial charge in [0, 0.05) is 62.9 Å². The van der Waals surface area contributed by atoms with E-state index in [1.54, 1.807) is 0 Å². The van der Waals surface area contributed by atoms with Crippen LogP contribution in [0.3, 0.4) is 0 Å². The Labute approximate surface area is 846 Å². The molecule has 7 saturated carbocycles. The maximum Gasteiger partial charge on any atom is 0.112 e. The van der Waals surface area contributed by atoms with Crippen LogP contribution in [-0.2, 0) is 5.54 Å². The lowest BCUT2D eigenvalue weighted by Crippen LogP contribution is -2.56. The third-order valence-corrected chi connectivity index (χ3v) is 36.1. The van der Waals surface area contributed by atoms with E-state index >= 15 is 0 Å². The Kier molecular flexibility index (Phi) is 31.5. The van der Waals surface area contributed by atoms with Gasteiger partial charge >= 0.3 is 0 Å². The Bertz CT molecular complexity index is 5610. The fraction of sp³-hybridized carbons (Fsp3) is 0.519. The van der Waals surface area contributed by atoms with Gasteiger partial charge in [0.2, 0.25) is 0 Å². The molecule has 0 radical (unpaired) electrons. The molecular weight excluding hydrogens is 1690 g/mol. The van der Waals surface area contributed by atoms with Crippen molar-refractivity contribution < 1.29 is 1.37 Å². The lowest BCUT2D eigenvalue weighted by Gasteiger charge is -2.49. The van der Waals surface area contributed by atoms with Crippen molar-refractivity contribution in [1.29, 1.82) is 0 Å². The largest absolute Gasteiger partial charge is 0.343 e. The van der Waals surface area contributed by atoms with E-state index in [-0.39, 0.29) is 65.5 Å². The summed E-state index contributed by atoms with van der Waals surface area (Å²) in [5, 5.41) is 0. The molecule has 10 nitrogen and oxygen atoms in total. The van der Waals surface area contributed by atoms with Crippen molar-refractivity contribution >= 4 is 28.4 Å². The van der Waals surface area contributed by atoms with E-state index in [9.17, 15) is 0 Å². The Morgan fingerprint density at radius 2 is 0.496 bits per heavy atom. The van der Waals surface area contributed by atoms with E-state index < -0.39 is 6.02 Å². The number of anilines is 5. The van der Waals surface area contributed by atoms with E-state index in [0.717, 1.165) is 29.6 Å². The fourth-order valence-electron chi connectivity index (χ4n) is 29.1. The summed E-state index contributed by atoms with van der Waals surface area (Å²) in [6.07, 6.45) is 67.0. The SMILES string of the molecule is C.C.C.C.C.CC1=C2C=CC(C)(C)N2C(C2CCCC2)N1c1ccccc1C.CC1=C2C=CC(C)(C3CCCC3)N2C(C2CCCC2)N1c1ccccc1C.CC1=C2C=CC(C)(C3CCCCC3)N2C(C2CCCC2)N1c1ccccc1C.CC1=C2C=CC(c3ccccc3)(c3ccccc3)N2C(C2CCCCC2)N1c1ccccc1C.[2H]C1(C)C=CC2=C(C)N(c3ccccc3C)C(C3CCCC3)N21. The predicted molar refractivity (Wildman–Crippen MR) is 596 cm³/mol. The maximum atomic E-state index is 8.78. The minimum Gasteiger partial charge on any atom is -0.343 e. The number of aryl methyl sites for hydroxylation is 5. The van der Waals surface area contributed by atoms with E-state index in [1.807, 2.05) is 13.0 Å².